The van der Waals surface area contributed by atoms with Gasteiger partial charge >= 0.3 is 5.97 Å². The van der Waals surface area contributed by atoms with Crippen molar-refractivity contribution >= 4 is 44.8 Å². The zero-order valence-electron chi connectivity index (χ0n) is 15.2. The van der Waals surface area contributed by atoms with Gasteiger partial charge in [-0.3, -0.25) is 0 Å². The number of halogens is 1. The highest BCUT2D eigenvalue weighted by molar-refractivity contribution is 7.22. The third kappa shape index (κ3) is 3.47. The zero-order chi connectivity index (χ0) is 19.1. The van der Waals surface area contributed by atoms with Gasteiger partial charge in [0.25, 0.3) is 0 Å². The second-order valence-electron chi connectivity index (χ2n) is 7.70. The molecule has 7 heteroatoms. The van der Waals surface area contributed by atoms with Crippen LogP contribution in [0.4, 0.5) is 5.82 Å². The monoisotopic (exact) mass is 413 g/mol. The van der Waals surface area contributed by atoms with Crippen molar-refractivity contribution in [2.24, 2.45) is 17.8 Å². The van der Waals surface area contributed by atoms with Crippen molar-refractivity contribution in [2.75, 3.05) is 5.48 Å². The summed E-state index contributed by atoms with van der Waals surface area (Å²) in [5.74, 6) is 1.34. The predicted octanol–water partition coefficient (Wildman–Crippen LogP) is 5.71. The van der Waals surface area contributed by atoms with Crippen LogP contribution in [0, 0.1) is 17.8 Å². The predicted molar refractivity (Wildman–Crippen MR) is 111 cm³/mol. The van der Waals surface area contributed by atoms with Gasteiger partial charge in [0.05, 0.1) is 16.5 Å². The fourth-order valence-electron chi connectivity index (χ4n) is 4.55. The Morgan fingerprint density at radius 1 is 1.14 bits per heavy atom. The van der Waals surface area contributed by atoms with Crippen LogP contribution >= 0.6 is 22.9 Å². The molecule has 1 atom stereocenters. The van der Waals surface area contributed by atoms with Crippen molar-refractivity contribution in [3.05, 3.63) is 41.7 Å². The van der Waals surface area contributed by atoms with Crippen LogP contribution in [-0.4, -0.2) is 15.9 Å². The number of fused-ring (bicyclic) bond motifs is 4. The van der Waals surface area contributed by atoms with Crippen molar-refractivity contribution in [3.8, 4) is 10.6 Å². The van der Waals surface area contributed by atoms with Gasteiger partial charge in [0.15, 0.2) is 5.82 Å². The van der Waals surface area contributed by atoms with E-state index in [1.807, 2.05) is 12.1 Å². The van der Waals surface area contributed by atoms with Gasteiger partial charge in [0.1, 0.15) is 0 Å². The Balaban J connectivity index is 1.32. The molecule has 5 nitrogen and oxygen atoms in total. The highest BCUT2D eigenvalue weighted by Gasteiger charge is 2.40. The molecule has 28 heavy (non-hydrogen) atoms. The van der Waals surface area contributed by atoms with Crippen LogP contribution in [-0.2, 0) is 9.63 Å². The molecule has 6 rings (SSSR count). The first-order valence-electron chi connectivity index (χ1n) is 9.66. The Kier molecular flexibility index (Phi) is 4.69. The number of aromatic nitrogens is 2. The fourth-order valence-corrected chi connectivity index (χ4v) is 5.75. The molecule has 2 bridgehead atoms. The fraction of sp³-hybridized carbons (Fsp3) is 0.381. The Labute approximate surface area is 172 Å². The second kappa shape index (κ2) is 7.33. The molecule has 144 valence electrons. The van der Waals surface area contributed by atoms with E-state index >= 15 is 0 Å². The van der Waals surface area contributed by atoms with Gasteiger partial charge in [-0.05, 0) is 60.2 Å². The molecule has 3 aromatic rings. The number of thiophene rings is 1. The normalized spacial score (nSPS) is 23.7. The van der Waals surface area contributed by atoms with E-state index in [-0.39, 0.29) is 17.2 Å². The third-order valence-electron chi connectivity index (χ3n) is 5.98. The molecular formula is C21H20ClN3O2S. The molecular weight excluding hydrogens is 394 g/mol. The number of rotatable bonds is 4. The lowest BCUT2D eigenvalue weighted by Crippen LogP contribution is -2.37. The molecule has 3 saturated carbocycles. The number of hydrogen-bond acceptors (Lipinski definition) is 6. The maximum Gasteiger partial charge on any atom is 0.335 e. The minimum absolute atomic E-state index is 0.000579. The number of hydrogen-bond donors (Lipinski definition) is 1. The average Bonchev–Trinajstić information content (AvgIpc) is 3.17. The number of nitrogens with zero attached hydrogens (tertiary/aromatic N) is 2. The first kappa shape index (κ1) is 17.9. The maximum atomic E-state index is 12.6. The molecule has 2 aromatic heterocycles. The van der Waals surface area contributed by atoms with E-state index in [4.69, 9.17) is 16.4 Å². The molecule has 3 aliphatic carbocycles. The van der Waals surface area contributed by atoms with Crippen molar-refractivity contribution in [1.82, 2.24) is 9.97 Å². The highest BCUT2D eigenvalue weighted by Crippen LogP contribution is 2.45. The van der Waals surface area contributed by atoms with E-state index in [0.29, 0.717) is 23.3 Å². The molecule has 0 radical (unpaired) electrons. The van der Waals surface area contributed by atoms with Crippen LogP contribution < -0.4 is 5.48 Å². The van der Waals surface area contributed by atoms with E-state index in [1.54, 1.807) is 17.4 Å². The van der Waals surface area contributed by atoms with E-state index in [2.05, 4.69) is 33.6 Å². The zero-order valence-corrected chi connectivity index (χ0v) is 16.8. The summed E-state index contributed by atoms with van der Waals surface area (Å²) in [5, 5.41) is 1.27. The summed E-state index contributed by atoms with van der Waals surface area (Å²) in [7, 11) is 0. The Morgan fingerprint density at radius 2 is 1.96 bits per heavy atom. The summed E-state index contributed by atoms with van der Waals surface area (Å²) in [6.07, 6.45) is 5.73. The minimum atomic E-state index is -0.187. The molecule has 1 aromatic carbocycles. The lowest BCUT2D eigenvalue weighted by atomic mass is 9.65. The largest absolute Gasteiger partial charge is 0.342 e. The van der Waals surface area contributed by atoms with Gasteiger partial charge in [-0.1, -0.05) is 31.0 Å². The number of benzene rings is 1. The van der Waals surface area contributed by atoms with Gasteiger partial charge in [0.2, 0.25) is 5.28 Å². The molecule has 3 fully saturated rings. The van der Waals surface area contributed by atoms with E-state index in [0.717, 1.165) is 29.5 Å². The van der Waals surface area contributed by atoms with Crippen LogP contribution in [0.25, 0.3) is 20.7 Å². The van der Waals surface area contributed by atoms with Gasteiger partial charge in [-0.15, -0.1) is 11.3 Å². The maximum absolute atomic E-state index is 12.6. The quantitative estimate of drug-likeness (QED) is 0.438. The van der Waals surface area contributed by atoms with E-state index in [1.165, 1.54) is 17.5 Å². The van der Waals surface area contributed by atoms with Crippen molar-refractivity contribution in [3.63, 3.8) is 0 Å². The topological polar surface area (TPSA) is 64.1 Å². The number of nitrogens with one attached hydrogen (secondary N) is 1. The van der Waals surface area contributed by atoms with Crippen LogP contribution in [0.5, 0.6) is 0 Å². The lowest BCUT2D eigenvalue weighted by Gasteiger charge is -2.40. The molecule has 0 aliphatic heterocycles. The summed E-state index contributed by atoms with van der Waals surface area (Å²) < 4.78 is 1.18. The minimum Gasteiger partial charge on any atom is -0.342 e. The van der Waals surface area contributed by atoms with Gasteiger partial charge in [-0.25, -0.2) is 15.3 Å². The number of carbonyl (C=O) groups is 1. The second-order valence-corrected chi connectivity index (χ2v) is 9.12. The Bertz CT molecular complexity index is 996. The van der Waals surface area contributed by atoms with Crippen LogP contribution in [0.15, 0.2) is 36.4 Å². The molecule has 0 spiro atoms. The SMILES string of the molecule is O=C(ONc1cc(-c2cc3ccccc3s2)nc(Cl)n1)C1CC2CCC1CC2. The summed E-state index contributed by atoms with van der Waals surface area (Å²) >= 11 is 7.75. The average molecular weight is 414 g/mol. The molecule has 0 amide bonds. The highest BCUT2D eigenvalue weighted by atomic mass is 35.5. The summed E-state index contributed by atoms with van der Waals surface area (Å²) in [6.45, 7) is 0. The molecule has 2 heterocycles. The van der Waals surface area contributed by atoms with Crippen LogP contribution in [0.3, 0.4) is 0 Å². The lowest BCUT2D eigenvalue weighted by molar-refractivity contribution is -0.151. The van der Waals surface area contributed by atoms with Crippen molar-refractivity contribution in [2.45, 2.75) is 32.1 Å². The standard InChI is InChI=1S/C21H20ClN3O2S/c22-21-23-16(18-10-14-3-1-2-4-17(14)28-18)11-19(24-21)25-27-20(26)15-9-12-5-7-13(15)8-6-12/h1-4,10-13,15H,5-9H2,(H,23,24,25). The van der Waals surface area contributed by atoms with Crippen LogP contribution in [0.2, 0.25) is 5.28 Å². The smallest absolute Gasteiger partial charge is 0.335 e. The summed E-state index contributed by atoms with van der Waals surface area (Å²) in [4.78, 5) is 27.4. The first-order valence-corrected chi connectivity index (χ1v) is 10.9. The Morgan fingerprint density at radius 3 is 2.71 bits per heavy atom. The van der Waals surface area contributed by atoms with Gasteiger partial charge in [0, 0.05) is 10.8 Å². The van der Waals surface area contributed by atoms with E-state index < -0.39 is 0 Å². The van der Waals surface area contributed by atoms with Crippen molar-refractivity contribution in [1.29, 1.82) is 0 Å². The molecule has 3 aliphatic rings. The van der Waals surface area contributed by atoms with Crippen molar-refractivity contribution < 1.29 is 9.63 Å². The van der Waals surface area contributed by atoms with E-state index in [9.17, 15) is 4.79 Å². The van der Waals surface area contributed by atoms with Gasteiger partial charge < -0.3 is 4.84 Å². The first-order chi connectivity index (χ1) is 13.7. The number of anilines is 1. The third-order valence-corrected chi connectivity index (χ3v) is 7.29. The van der Waals surface area contributed by atoms with Crippen LogP contribution in [0.1, 0.15) is 32.1 Å². The Hall–Kier alpha value is -2.18. The summed E-state index contributed by atoms with van der Waals surface area (Å²) in [5.41, 5.74) is 3.41. The molecule has 1 unspecified atom stereocenters. The summed E-state index contributed by atoms with van der Waals surface area (Å²) in [6, 6.07) is 12.0. The molecule has 1 N–H and O–H groups in total. The van der Waals surface area contributed by atoms with Gasteiger partial charge in [-0.2, -0.15) is 4.98 Å². The molecule has 0 saturated heterocycles. The number of carbonyl (C=O) groups excluding carboxylic acids is 1.